The Morgan fingerprint density at radius 2 is 1.79 bits per heavy atom. The molecule has 1 saturated heterocycles. The lowest BCUT2D eigenvalue weighted by atomic mass is 9.97. The summed E-state index contributed by atoms with van der Waals surface area (Å²) in [6.45, 7) is -0.0657. The Bertz CT molecular complexity index is 688. The molecule has 0 aromatic heterocycles. The molecular formula is C18H21F3N2O5. The molecule has 0 aliphatic carbocycles. The second-order valence-corrected chi connectivity index (χ2v) is 6.37. The van der Waals surface area contributed by atoms with E-state index in [2.05, 4.69) is 10.1 Å². The molecule has 2 amide bonds. The lowest BCUT2D eigenvalue weighted by Gasteiger charge is -2.30. The molecule has 10 heteroatoms. The number of esters is 1. The van der Waals surface area contributed by atoms with Gasteiger partial charge in [0.05, 0.1) is 5.92 Å². The van der Waals surface area contributed by atoms with Gasteiger partial charge in [0, 0.05) is 18.8 Å². The van der Waals surface area contributed by atoms with Crippen molar-refractivity contribution in [3.8, 4) is 0 Å². The van der Waals surface area contributed by atoms with E-state index in [1.165, 1.54) is 6.92 Å². The Kier molecular flexibility index (Phi) is 7.24. The third kappa shape index (κ3) is 6.75. The summed E-state index contributed by atoms with van der Waals surface area (Å²) in [5.41, 5.74) is 0.570. The van der Waals surface area contributed by atoms with Crippen LogP contribution in [0.25, 0.3) is 0 Å². The Labute approximate surface area is 159 Å². The van der Waals surface area contributed by atoms with Gasteiger partial charge in [-0.3, -0.25) is 9.59 Å². The number of para-hydroxylation sites is 1. The van der Waals surface area contributed by atoms with Gasteiger partial charge in [0.1, 0.15) is 0 Å². The number of anilines is 1. The third-order valence-electron chi connectivity index (χ3n) is 4.15. The standard InChI is InChI=1S/C18H21F3N2O5/c1-12(15(24)22-14-5-3-2-4-6-14)28-16(25)13-7-9-23(10-8-13)17(26)27-11-18(19,20)21/h2-6,12-13H,7-11H2,1H3,(H,22,24)/t12-/m1/s1. The van der Waals surface area contributed by atoms with Crippen molar-refractivity contribution in [1.29, 1.82) is 0 Å². The van der Waals surface area contributed by atoms with Gasteiger partial charge >= 0.3 is 18.2 Å². The number of nitrogens with one attached hydrogen (secondary N) is 1. The molecule has 0 radical (unpaired) electrons. The summed E-state index contributed by atoms with van der Waals surface area (Å²) in [6.07, 6.45) is -6.24. The van der Waals surface area contributed by atoms with Gasteiger partial charge in [-0.25, -0.2) is 4.79 Å². The number of likely N-dealkylation sites (tertiary alicyclic amines) is 1. The maximum Gasteiger partial charge on any atom is 0.422 e. The Morgan fingerprint density at radius 1 is 1.18 bits per heavy atom. The smallest absolute Gasteiger partial charge is 0.422 e. The zero-order valence-corrected chi connectivity index (χ0v) is 15.2. The van der Waals surface area contributed by atoms with Crippen LogP contribution in [0.3, 0.4) is 0 Å². The summed E-state index contributed by atoms with van der Waals surface area (Å²) in [5, 5.41) is 2.62. The molecule has 0 bridgehead atoms. The van der Waals surface area contributed by atoms with Crippen molar-refractivity contribution in [2.24, 2.45) is 5.92 Å². The van der Waals surface area contributed by atoms with Gasteiger partial charge in [-0.1, -0.05) is 18.2 Å². The lowest BCUT2D eigenvalue weighted by molar-refractivity contribution is -0.163. The monoisotopic (exact) mass is 402 g/mol. The third-order valence-corrected chi connectivity index (χ3v) is 4.15. The number of nitrogens with zero attached hydrogens (tertiary/aromatic N) is 1. The van der Waals surface area contributed by atoms with Crippen molar-refractivity contribution in [2.45, 2.75) is 32.0 Å². The summed E-state index contributed by atoms with van der Waals surface area (Å²) >= 11 is 0. The topological polar surface area (TPSA) is 84.9 Å². The molecule has 28 heavy (non-hydrogen) atoms. The average Bonchev–Trinajstić information content (AvgIpc) is 2.66. The molecule has 1 aliphatic heterocycles. The Balaban J connectivity index is 1.75. The van der Waals surface area contributed by atoms with Gasteiger partial charge in [-0.2, -0.15) is 13.2 Å². The Hall–Kier alpha value is -2.78. The molecule has 2 rings (SSSR count). The number of hydrogen-bond donors (Lipinski definition) is 1. The molecule has 7 nitrogen and oxygen atoms in total. The van der Waals surface area contributed by atoms with Gasteiger partial charge in [0.25, 0.3) is 5.91 Å². The normalized spacial score (nSPS) is 16.2. The number of rotatable bonds is 5. The zero-order chi connectivity index (χ0) is 20.7. The van der Waals surface area contributed by atoms with Crippen molar-refractivity contribution in [1.82, 2.24) is 4.90 Å². The second kappa shape index (κ2) is 9.43. The molecule has 1 aliphatic rings. The van der Waals surface area contributed by atoms with Crippen molar-refractivity contribution < 1.29 is 37.0 Å². The maximum atomic E-state index is 12.2. The van der Waals surface area contributed by atoms with Crippen LogP contribution in [0.4, 0.5) is 23.7 Å². The number of alkyl halides is 3. The molecular weight excluding hydrogens is 381 g/mol. The number of benzene rings is 1. The fourth-order valence-corrected chi connectivity index (χ4v) is 2.62. The minimum absolute atomic E-state index is 0.0705. The van der Waals surface area contributed by atoms with E-state index >= 15 is 0 Å². The zero-order valence-electron chi connectivity index (χ0n) is 15.2. The van der Waals surface area contributed by atoms with Crippen molar-refractivity contribution >= 4 is 23.7 Å². The summed E-state index contributed by atoms with van der Waals surface area (Å²) in [6, 6.07) is 8.68. The van der Waals surface area contributed by atoms with Gasteiger partial charge < -0.3 is 19.7 Å². The number of piperidine rings is 1. The first kappa shape index (κ1) is 21.5. The average molecular weight is 402 g/mol. The molecule has 0 unspecified atom stereocenters. The van der Waals surface area contributed by atoms with Gasteiger partial charge in [0.15, 0.2) is 12.7 Å². The largest absolute Gasteiger partial charge is 0.452 e. The van der Waals surface area contributed by atoms with E-state index in [4.69, 9.17) is 4.74 Å². The molecule has 1 atom stereocenters. The quantitative estimate of drug-likeness (QED) is 0.766. The highest BCUT2D eigenvalue weighted by atomic mass is 19.4. The first-order chi connectivity index (χ1) is 13.2. The van der Waals surface area contributed by atoms with Gasteiger partial charge in [-0.05, 0) is 31.9 Å². The van der Waals surface area contributed by atoms with E-state index in [9.17, 15) is 27.6 Å². The number of ether oxygens (including phenoxy) is 2. The predicted molar refractivity (Wildman–Crippen MR) is 92.3 cm³/mol. The van der Waals surface area contributed by atoms with Crippen LogP contribution in [0.5, 0.6) is 0 Å². The minimum Gasteiger partial charge on any atom is -0.452 e. The van der Waals surface area contributed by atoms with Crippen LogP contribution in [-0.4, -0.2) is 54.8 Å². The fraction of sp³-hybridized carbons (Fsp3) is 0.500. The van der Waals surface area contributed by atoms with Crippen molar-refractivity contribution in [2.75, 3.05) is 25.0 Å². The molecule has 0 saturated carbocycles. The number of amides is 2. The van der Waals surface area contributed by atoms with Crippen LogP contribution >= 0.6 is 0 Å². The van der Waals surface area contributed by atoms with Crippen LogP contribution in [-0.2, 0) is 19.1 Å². The van der Waals surface area contributed by atoms with Crippen LogP contribution < -0.4 is 5.32 Å². The molecule has 1 heterocycles. The molecule has 1 N–H and O–H groups in total. The SMILES string of the molecule is C[C@@H](OC(=O)C1CCN(C(=O)OCC(F)(F)F)CC1)C(=O)Nc1ccccc1. The number of hydrogen-bond acceptors (Lipinski definition) is 5. The lowest BCUT2D eigenvalue weighted by Crippen LogP contribution is -2.42. The summed E-state index contributed by atoms with van der Waals surface area (Å²) in [5.74, 6) is -1.61. The summed E-state index contributed by atoms with van der Waals surface area (Å²) in [7, 11) is 0. The molecule has 154 valence electrons. The van der Waals surface area contributed by atoms with E-state index < -0.39 is 42.8 Å². The van der Waals surface area contributed by atoms with Crippen molar-refractivity contribution in [3.63, 3.8) is 0 Å². The second-order valence-electron chi connectivity index (χ2n) is 6.37. The first-order valence-corrected chi connectivity index (χ1v) is 8.70. The van der Waals surface area contributed by atoms with Crippen molar-refractivity contribution in [3.05, 3.63) is 30.3 Å². The van der Waals surface area contributed by atoms with Crippen LogP contribution in [0.15, 0.2) is 30.3 Å². The number of halogens is 3. The minimum atomic E-state index is -4.59. The molecule has 1 aromatic carbocycles. The predicted octanol–water partition coefficient (Wildman–Crippen LogP) is 2.97. The highest BCUT2D eigenvalue weighted by molar-refractivity contribution is 5.95. The molecule has 1 aromatic rings. The molecule has 1 fully saturated rings. The van der Waals surface area contributed by atoms with Gasteiger partial charge in [-0.15, -0.1) is 0 Å². The first-order valence-electron chi connectivity index (χ1n) is 8.70. The van der Waals surface area contributed by atoms with E-state index in [1.54, 1.807) is 30.3 Å². The number of carbonyl (C=O) groups excluding carboxylic acids is 3. The summed E-state index contributed by atoms with van der Waals surface area (Å²) in [4.78, 5) is 37.0. The fourth-order valence-electron chi connectivity index (χ4n) is 2.62. The van der Waals surface area contributed by atoms with E-state index in [0.717, 1.165) is 4.90 Å². The van der Waals surface area contributed by atoms with Crippen LogP contribution in [0.1, 0.15) is 19.8 Å². The van der Waals surface area contributed by atoms with E-state index in [0.29, 0.717) is 5.69 Å². The highest BCUT2D eigenvalue weighted by Gasteiger charge is 2.34. The van der Waals surface area contributed by atoms with Crippen LogP contribution in [0, 0.1) is 5.92 Å². The number of carbonyl (C=O) groups is 3. The van der Waals surface area contributed by atoms with Crippen LogP contribution in [0.2, 0.25) is 0 Å². The van der Waals surface area contributed by atoms with Gasteiger partial charge in [0.2, 0.25) is 0 Å². The summed E-state index contributed by atoms with van der Waals surface area (Å²) < 4.78 is 45.6. The maximum absolute atomic E-state index is 12.2. The highest BCUT2D eigenvalue weighted by Crippen LogP contribution is 2.21. The molecule has 0 spiro atoms. The van der Waals surface area contributed by atoms with E-state index in [1.807, 2.05) is 0 Å². The Morgan fingerprint density at radius 3 is 2.36 bits per heavy atom. The van der Waals surface area contributed by atoms with E-state index in [-0.39, 0.29) is 25.9 Å².